The van der Waals surface area contributed by atoms with Crippen molar-refractivity contribution in [3.8, 4) is 0 Å². The smallest absolute Gasteiger partial charge is 0.326 e. The molecule has 0 radical (unpaired) electrons. The quantitative estimate of drug-likeness (QED) is 0.546. The Balaban J connectivity index is 1.60. The fraction of sp³-hybridized carbons (Fsp3) is 0.348. The van der Waals surface area contributed by atoms with E-state index in [0.717, 1.165) is 36.2 Å². The molecule has 1 saturated heterocycles. The molecule has 1 heterocycles. The van der Waals surface area contributed by atoms with Crippen molar-refractivity contribution < 1.29 is 19.5 Å². The molecule has 3 amide bonds. The monoisotopic (exact) mass is 424 g/mol. The van der Waals surface area contributed by atoms with Crippen molar-refractivity contribution in [3.63, 3.8) is 0 Å². The number of carboxylic acids is 1. The summed E-state index contributed by atoms with van der Waals surface area (Å²) in [5.74, 6) is -1.25. The molecule has 2 aromatic rings. The van der Waals surface area contributed by atoms with Gasteiger partial charge in [-0.25, -0.2) is 9.59 Å². The summed E-state index contributed by atoms with van der Waals surface area (Å²) in [5, 5.41) is 18.3. The van der Waals surface area contributed by atoms with Gasteiger partial charge >= 0.3 is 12.0 Å². The lowest BCUT2D eigenvalue weighted by Crippen LogP contribution is -2.50. The molecule has 3 rings (SSSR count). The van der Waals surface area contributed by atoms with Crippen LogP contribution in [0.4, 0.5) is 16.2 Å². The summed E-state index contributed by atoms with van der Waals surface area (Å²) in [5.41, 5.74) is 3.03. The largest absolute Gasteiger partial charge is 0.480 e. The van der Waals surface area contributed by atoms with Gasteiger partial charge in [0, 0.05) is 24.8 Å². The summed E-state index contributed by atoms with van der Waals surface area (Å²) in [6.45, 7) is 2.68. The lowest BCUT2D eigenvalue weighted by atomic mass is 10.0. The molecule has 4 N–H and O–H groups in total. The van der Waals surface area contributed by atoms with E-state index in [1.54, 1.807) is 24.3 Å². The van der Waals surface area contributed by atoms with E-state index in [1.807, 2.05) is 31.2 Å². The van der Waals surface area contributed by atoms with Gasteiger partial charge in [-0.15, -0.1) is 0 Å². The average Bonchev–Trinajstić information content (AvgIpc) is 3.28. The van der Waals surface area contributed by atoms with E-state index in [9.17, 15) is 19.5 Å². The van der Waals surface area contributed by atoms with Crippen molar-refractivity contribution in [2.24, 2.45) is 0 Å². The van der Waals surface area contributed by atoms with Crippen LogP contribution in [0.3, 0.4) is 0 Å². The van der Waals surface area contributed by atoms with E-state index in [2.05, 4.69) is 16.0 Å². The third-order valence-electron chi connectivity index (χ3n) is 5.49. The maximum Gasteiger partial charge on any atom is 0.326 e. The van der Waals surface area contributed by atoms with Crippen LogP contribution in [0.25, 0.3) is 0 Å². The number of aliphatic carboxylic acids is 1. The number of carbonyl (C=O) groups is 3. The van der Waals surface area contributed by atoms with E-state index in [4.69, 9.17) is 0 Å². The molecular formula is C23H28N4O4. The molecule has 1 aliphatic rings. The number of likely N-dealkylation sites (N-methyl/N-ethyl adjacent to an activating group) is 1. The Bertz CT molecular complexity index is 939. The van der Waals surface area contributed by atoms with Gasteiger partial charge in [-0.3, -0.25) is 4.79 Å². The Hall–Kier alpha value is -3.39. The minimum Gasteiger partial charge on any atom is -0.480 e. The molecule has 0 spiro atoms. The Morgan fingerprint density at radius 1 is 1.13 bits per heavy atom. The number of para-hydroxylation sites is 1. The number of aryl methyl sites for hydroxylation is 1. The second-order valence-electron chi connectivity index (χ2n) is 7.75. The van der Waals surface area contributed by atoms with Gasteiger partial charge in [0.05, 0.1) is 6.04 Å². The summed E-state index contributed by atoms with van der Waals surface area (Å²) in [6.07, 6.45) is 1.81. The van der Waals surface area contributed by atoms with Crippen molar-refractivity contribution in [3.05, 3.63) is 59.7 Å². The minimum absolute atomic E-state index is 0.181. The topological polar surface area (TPSA) is 111 Å². The lowest BCUT2D eigenvalue weighted by molar-refractivity contribution is -0.149. The maximum atomic E-state index is 12.6. The number of carboxylic acid groups (broad SMARTS) is 1. The molecular weight excluding hydrogens is 396 g/mol. The fourth-order valence-electron chi connectivity index (χ4n) is 3.63. The second-order valence-corrected chi connectivity index (χ2v) is 7.75. The number of hydrogen-bond acceptors (Lipinski definition) is 4. The maximum absolute atomic E-state index is 12.6. The number of nitrogens with zero attached hydrogens (tertiary/aromatic N) is 1. The third-order valence-corrected chi connectivity index (χ3v) is 5.49. The zero-order valence-electron chi connectivity index (χ0n) is 17.7. The van der Waals surface area contributed by atoms with Crippen LogP contribution in [0.2, 0.25) is 0 Å². The number of urea groups is 1. The standard InChI is InChI=1S/C23H28N4O4/c1-15-6-3-4-7-18(15)26-23(31)25-17-11-9-16(10-12-17)14-20(22(29)30)27(2)21(28)19-8-5-13-24-19/h3-4,6-7,9-12,19-20,24H,5,8,13-14H2,1-2H3,(H,29,30)(H2,25,26,31)/t19-,20-/m0/s1. The molecule has 0 aromatic heterocycles. The molecule has 8 nitrogen and oxygen atoms in total. The predicted molar refractivity (Wildman–Crippen MR) is 119 cm³/mol. The van der Waals surface area contributed by atoms with Gasteiger partial charge in [-0.05, 0) is 55.6 Å². The van der Waals surface area contributed by atoms with Gasteiger partial charge in [0.2, 0.25) is 5.91 Å². The van der Waals surface area contributed by atoms with Crippen LogP contribution < -0.4 is 16.0 Å². The third kappa shape index (κ3) is 5.82. The number of rotatable bonds is 7. The highest BCUT2D eigenvalue weighted by Gasteiger charge is 2.32. The fourth-order valence-corrected chi connectivity index (χ4v) is 3.63. The number of nitrogens with one attached hydrogen (secondary N) is 3. The first-order valence-corrected chi connectivity index (χ1v) is 10.3. The lowest BCUT2D eigenvalue weighted by Gasteiger charge is -2.27. The number of amides is 3. The van der Waals surface area contributed by atoms with Gasteiger partial charge < -0.3 is 26.0 Å². The average molecular weight is 425 g/mol. The zero-order chi connectivity index (χ0) is 22.4. The van der Waals surface area contributed by atoms with E-state index in [-0.39, 0.29) is 24.4 Å². The summed E-state index contributed by atoms with van der Waals surface area (Å²) < 4.78 is 0. The van der Waals surface area contributed by atoms with Crippen LogP contribution in [0.15, 0.2) is 48.5 Å². The first-order valence-electron chi connectivity index (χ1n) is 10.3. The predicted octanol–water partition coefficient (Wildman–Crippen LogP) is 2.85. The highest BCUT2D eigenvalue weighted by Crippen LogP contribution is 2.17. The SMILES string of the molecule is Cc1ccccc1NC(=O)Nc1ccc(C[C@@H](C(=O)O)N(C)C(=O)[C@@H]2CCCN2)cc1. The molecule has 1 fully saturated rings. The molecule has 0 bridgehead atoms. The summed E-state index contributed by atoms with van der Waals surface area (Å²) in [7, 11) is 1.53. The van der Waals surface area contributed by atoms with Crippen LogP contribution in [-0.4, -0.2) is 53.6 Å². The normalized spacial score (nSPS) is 16.4. The Morgan fingerprint density at radius 3 is 2.45 bits per heavy atom. The molecule has 1 aliphatic heterocycles. The molecule has 0 unspecified atom stereocenters. The molecule has 164 valence electrons. The first-order chi connectivity index (χ1) is 14.8. The zero-order valence-corrected chi connectivity index (χ0v) is 17.7. The number of hydrogen-bond donors (Lipinski definition) is 4. The Morgan fingerprint density at radius 2 is 1.84 bits per heavy atom. The van der Waals surface area contributed by atoms with E-state index in [0.29, 0.717) is 5.69 Å². The highest BCUT2D eigenvalue weighted by atomic mass is 16.4. The van der Waals surface area contributed by atoms with Gasteiger partial charge in [0.1, 0.15) is 6.04 Å². The number of anilines is 2. The summed E-state index contributed by atoms with van der Waals surface area (Å²) in [6, 6.07) is 12.8. The molecule has 31 heavy (non-hydrogen) atoms. The van der Waals surface area contributed by atoms with Crippen LogP contribution >= 0.6 is 0 Å². The molecule has 0 saturated carbocycles. The van der Waals surface area contributed by atoms with Crippen molar-refractivity contribution in [1.82, 2.24) is 10.2 Å². The van der Waals surface area contributed by atoms with E-state index >= 15 is 0 Å². The molecule has 2 aromatic carbocycles. The van der Waals surface area contributed by atoms with E-state index in [1.165, 1.54) is 11.9 Å². The second kappa shape index (κ2) is 10.1. The Kier molecular flexibility index (Phi) is 7.25. The van der Waals surface area contributed by atoms with Crippen molar-refractivity contribution in [2.75, 3.05) is 24.2 Å². The van der Waals surface area contributed by atoms with Gasteiger partial charge in [0.25, 0.3) is 0 Å². The first kappa shape index (κ1) is 22.3. The molecule has 0 aliphatic carbocycles. The van der Waals surface area contributed by atoms with E-state index < -0.39 is 12.0 Å². The number of carbonyl (C=O) groups excluding carboxylic acids is 2. The van der Waals surface area contributed by atoms with Gasteiger partial charge in [-0.1, -0.05) is 30.3 Å². The summed E-state index contributed by atoms with van der Waals surface area (Å²) in [4.78, 5) is 37.9. The van der Waals surface area contributed by atoms with Crippen molar-refractivity contribution in [2.45, 2.75) is 38.3 Å². The van der Waals surface area contributed by atoms with Gasteiger partial charge in [-0.2, -0.15) is 0 Å². The van der Waals surface area contributed by atoms with Crippen LogP contribution in [-0.2, 0) is 16.0 Å². The number of benzene rings is 2. The summed E-state index contributed by atoms with van der Waals surface area (Å²) >= 11 is 0. The minimum atomic E-state index is -1.05. The van der Waals surface area contributed by atoms with Crippen molar-refractivity contribution in [1.29, 1.82) is 0 Å². The van der Waals surface area contributed by atoms with Crippen LogP contribution in [0.5, 0.6) is 0 Å². The highest BCUT2D eigenvalue weighted by molar-refractivity contribution is 6.00. The molecule has 2 atom stereocenters. The van der Waals surface area contributed by atoms with Crippen molar-refractivity contribution >= 4 is 29.3 Å². The Labute approximate surface area is 181 Å². The van der Waals surface area contributed by atoms with Crippen LogP contribution in [0.1, 0.15) is 24.0 Å². The molecule has 8 heteroatoms. The van der Waals surface area contributed by atoms with Gasteiger partial charge in [0.15, 0.2) is 0 Å². The van der Waals surface area contributed by atoms with Crippen LogP contribution in [0, 0.1) is 6.92 Å².